The molecule has 1 amide bonds. The second-order valence-electron chi connectivity index (χ2n) is 3.59. The Hall–Kier alpha value is -2.17. The van der Waals surface area contributed by atoms with Crippen molar-refractivity contribution in [3.8, 4) is 0 Å². The van der Waals surface area contributed by atoms with Crippen LogP contribution < -0.4 is 10.9 Å². The first-order valence-corrected chi connectivity index (χ1v) is 4.83. The van der Waals surface area contributed by atoms with Gasteiger partial charge in [0.25, 0.3) is 5.56 Å². The maximum absolute atomic E-state index is 11.9. The molecule has 2 heterocycles. The predicted octanol–water partition coefficient (Wildman–Crippen LogP) is 0.961. The summed E-state index contributed by atoms with van der Waals surface area (Å²) in [6, 6.07) is 3.62. The fourth-order valence-electron chi connectivity index (χ4n) is 1.45. The van der Waals surface area contributed by atoms with Crippen molar-refractivity contribution in [2.45, 2.75) is 13.8 Å². The summed E-state index contributed by atoms with van der Waals surface area (Å²) in [7, 11) is 0. The molecule has 2 aromatic rings. The van der Waals surface area contributed by atoms with E-state index in [-0.39, 0.29) is 17.2 Å². The molecule has 5 nitrogen and oxygen atoms in total. The lowest BCUT2D eigenvalue weighted by Crippen LogP contribution is -2.21. The number of aryl methyl sites for hydroxylation is 1. The van der Waals surface area contributed by atoms with Crippen molar-refractivity contribution in [3.63, 3.8) is 0 Å². The van der Waals surface area contributed by atoms with Crippen LogP contribution in [-0.2, 0) is 4.79 Å². The SMILES string of the molecule is CC(=O)Nc1cnc2cc(C)ccn2c1=O. The molecule has 16 heavy (non-hydrogen) atoms. The molecule has 0 saturated carbocycles. The lowest BCUT2D eigenvalue weighted by Gasteiger charge is -2.04. The molecule has 0 atom stereocenters. The van der Waals surface area contributed by atoms with Crippen molar-refractivity contribution in [1.29, 1.82) is 0 Å². The number of pyridine rings is 1. The highest BCUT2D eigenvalue weighted by molar-refractivity contribution is 5.88. The number of amides is 1. The van der Waals surface area contributed by atoms with E-state index in [0.29, 0.717) is 5.65 Å². The molecule has 0 aromatic carbocycles. The summed E-state index contributed by atoms with van der Waals surface area (Å²) in [6.07, 6.45) is 3.02. The summed E-state index contributed by atoms with van der Waals surface area (Å²) < 4.78 is 1.40. The first-order valence-electron chi connectivity index (χ1n) is 4.83. The monoisotopic (exact) mass is 217 g/mol. The number of carbonyl (C=O) groups excluding carboxylic acids is 1. The Kier molecular flexibility index (Phi) is 2.44. The van der Waals surface area contributed by atoms with E-state index in [4.69, 9.17) is 0 Å². The fraction of sp³-hybridized carbons (Fsp3) is 0.182. The van der Waals surface area contributed by atoms with E-state index in [1.807, 2.05) is 13.0 Å². The number of anilines is 1. The van der Waals surface area contributed by atoms with Crippen LogP contribution in [0.2, 0.25) is 0 Å². The van der Waals surface area contributed by atoms with Crippen LogP contribution in [0.4, 0.5) is 5.69 Å². The minimum Gasteiger partial charge on any atom is -0.320 e. The van der Waals surface area contributed by atoms with Gasteiger partial charge in [-0.3, -0.25) is 14.0 Å². The molecule has 5 heteroatoms. The summed E-state index contributed by atoms with van der Waals surface area (Å²) in [5.41, 5.74) is 1.51. The van der Waals surface area contributed by atoms with E-state index in [9.17, 15) is 9.59 Å². The largest absolute Gasteiger partial charge is 0.320 e. The highest BCUT2D eigenvalue weighted by Gasteiger charge is 2.05. The van der Waals surface area contributed by atoms with Crippen LogP contribution in [0.25, 0.3) is 5.65 Å². The molecule has 0 bridgehead atoms. The van der Waals surface area contributed by atoms with Gasteiger partial charge in [0.15, 0.2) is 0 Å². The Balaban J connectivity index is 2.66. The van der Waals surface area contributed by atoms with E-state index >= 15 is 0 Å². The lowest BCUT2D eigenvalue weighted by molar-refractivity contribution is -0.114. The first kappa shape index (κ1) is 10.4. The molecule has 2 aromatic heterocycles. The number of nitrogens with one attached hydrogen (secondary N) is 1. The van der Waals surface area contributed by atoms with Gasteiger partial charge >= 0.3 is 0 Å². The van der Waals surface area contributed by atoms with Crippen molar-refractivity contribution in [2.75, 3.05) is 5.32 Å². The van der Waals surface area contributed by atoms with Gasteiger partial charge in [-0.2, -0.15) is 0 Å². The summed E-state index contributed by atoms with van der Waals surface area (Å²) in [5.74, 6) is -0.286. The van der Waals surface area contributed by atoms with E-state index in [0.717, 1.165) is 5.56 Å². The van der Waals surface area contributed by atoms with Gasteiger partial charge in [-0.25, -0.2) is 4.98 Å². The molecule has 0 fully saturated rings. The van der Waals surface area contributed by atoms with Crippen molar-refractivity contribution in [3.05, 3.63) is 40.4 Å². The predicted molar refractivity (Wildman–Crippen MR) is 60.5 cm³/mol. The Labute approximate surface area is 91.7 Å². The topological polar surface area (TPSA) is 63.5 Å². The van der Waals surface area contributed by atoms with Gasteiger partial charge in [-0.1, -0.05) is 0 Å². The van der Waals surface area contributed by atoms with Crippen LogP contribution in [0.5, 0.6) is 0 Å². The maximum atomic E-state index is 11.9. The molecule has 0 aliphatic heterocycles. The Morgan fingerprint density at radius 1 is 1.50 bits per heavy atom. The molecule has 1 N–H and O–H groups in total. The fourth-order valence-corrected chi connectivity index (χ4v) is 1.45. The average Bonchev–Trinajstić information content (AvgIpc) is 2.22. The number of aromatic nitrogens is 2. The first-order chi connectivity index (χ1) is 7.58. The number of rotatable bonds is 1. The molecular weight excluding hydrogens is 206 g/mol. The van der Waals surface area contributed by atoms with Crippen LogP contribution in [0, 0.1) is 6.92 Å². The molecule has 0 radical (unpaired) electrons. The van der Waals surface area contributed by atoms with Crippen molar-refractivity contribution >= 4 is 17.2 Å². The Morgan fingerprint density at radius 3 is 2.94 bits per heavy atom. The Morgan fingerprint density at radius 2 is 2.25 bits per heavy atom. The smallest absolute Gasteiger partial charge is 0.281 e. The molecule has 0 spiro atoms. The minimum atomic E-state index is -0.286. The molecule has 0 aliphatic carbocycles. The molecule has 82 valence electrons. The van der Waals surface area contributed by atoms with Crippen molar-refractivity contribution in [2.24, 2.45) is 0 Å². The molecule has 0 unspecified atom stereocenters. The normalized spacial score (nSPS) is 10.4. The average molecular weight is 217 g/mol. The number of carbonyl (C=O) groups is 1. The van der Waals surface area contributed by atoms with Gasteiger partial charge in [-0.15, -0.1) is 0 Å². The third-order valence-electron chi connectivity index (χ3n) is 2.18. The van der Waals surface area contributed by atoms with Crippen molar-refractivity contribution in [1.82, 2.24) is 9.38 Å². The standard InChI is InChI=1S/C11H11N3O2/c1-7-3-4-14-10(5-7)12-6-9(11(14)16)13-8(2)15/h3-6H,1-2H3,(H,13,15). The number of nitrogens with zero attached hydrogens (tertiary/aromatic N) is 2. The summed E-state index contributed by atoms with van der Waals surface area (Å²) in [4.78, 5) is 26.9. The second kappa shape index (κ2) is 3.77. The van der Waals surface area contributed by atoms with Gasteiger partial charge in [0.2, 0.25) is 5.91 Å². The summed E-state index contributed by atoms with van der Waals surface area (Å²) >= 11 is 0. The molecule has 2 rings (SSSR count). The summed E-state index contributed by atoms with van der Waals surface area (Å²) in [5, 5.41) is 2.45. The highest BCUT2D eigenvalue weighted by atomic mass is 16.2. The number of hydrogen-bond acceptors (Lipinski definition) is 3. The highest BCUT2D eigenvalue weighted by Crippen LogP contribution is 2.04. The van der Waals surface area contributed by atoms with Gasteiger partial charge < -0.3 is 5.32 Å². The van der Waals surface area contributed by atoms with E-state index in [1.54, 1.807) is 12.3 Å². The quantitative estimate of drug-likeness (QED) is 0.773. The zero-order valence-corrected chi connectivity index (χ0v) is 9.02. The van der Waals surface area contributed by atoms with Gasteiger partial charge in [0.05, 0.1) is 6.20 Å². The van der Waals surface area contributed by atoms with Crippen LogP contribution in [0.15, 0.2) is 29.3 Å². The third kappa shape index (κ3) is 1.79. The van der Waals surface area contributed by atoms with E-state index < -0.39 is 0 Å². The van der Waals surface area contributed by atoms with Gasteiger partial charge in [0, 0.05) is 13.1 Å². The van der Waals surface area contributed by atoms with Crippen LogP contribution in [0.1, 0.15) is 12.5 Å². The number of hydrogen-bond donors (Lipinski definition) is 1. The zero-order valence-electron chi connectivity index (χ0n) is 9.02. The number of fused-ring (bicyclic) bond motifs is 1. The van der Waals surface area contributed by atoms with Gasteiger partial charge in [-0.05, 0) is 24.6 Å². The Bertz CT molecular complexity index is 616. The van der Waals surface area contributed by atoms with E-state index in [1.165, 1.54) is 17.5 Å². The molecular formula is C11H11N3O2. The zero-order chi connectivity index (χ0) is 11.7. The summed E-state index contributed by atoms with van der Waals surface area (Å²) in [6.45, 7) is 3.28. The second-order valence-corrected chi connectivity index (χ2v) is 3.59. The maximum Gasteiger partial charge on any atom is 0.281 e. The molecule has 0 saturated heterocycles. The van der Waals surface area contributed by atoms with Crippen molar-refractivity contribution < 1.29 is 4.79 Å². The lowest BCUT2D eigenvalue weighted by atomic mass is 10.3. The molecule has 0 aliphatic rings. The minimum absolute atomic E-state index is 0.189. The van der Waals surface area contributed by atoms with E-state index in [2.05, 4.69) is 10.3 Å². The van der Waals surface area contributed by atoms with Gasteiger partial charge in [0.1, 0.15) is 11.3 Å². The van der Waals surface area contributed by atoms with Crippen LogP contribution in [-0.4, -0.2) is 15.3 Å². The third-order valence-corrected chi connectivity index (χ3v) is 2.18. The van der Waals surface area contributed by atoms with Crippen LogP contribution in [0.3, 0.4) is 0 Å². The van der Waals surface area contributed by atoms with Crippen LogP contribution >= 0.6 is 0 Å².